The van der Waals surface area contributed by atoms with Crippen LogP contribution >= 0.6 is 0 Å². The molecule has 0 unspecified atom stereocenters. The van der Waals surface area contributed by atoms with E-state index in [1.165, 1.54) is 4.90 Å². The van der Waals surface area contributed by atoms with Crippen LogP contribution in [0.4, 0.5) is 9.59 Å². The van der Waals surface area contributed by atoms with Gasteiger partial charge in [-0.3, -0.25) is 0 Å². The van der Waals surface area contributed by atoms with E-state index in [0.717, 1.165) is 11.1 Å². The van der Waals surface area contributed by atoms with Crippen molar-refractivity contribution in [1.29, 1.82) is 0 Å². The van der Waals surface area contributed by atoms with Gasteiger partial charge in [0.25, 0.3) is 0 Å². The van der Waals surface area contributed by atoms with Gasteiger partial charge in [-0.05, 0) is 69.0 Å². The topological polar surface area (TPSA) is 95.6 Å². The summed E-state index contributed by atoms with van der Waals surface area (Å²) in [6.45, 7) is 5.69. The van der Waals surface area contributed by atoms with Gasteiger partial charge in [0.1, 0.15) is 5.60 Å². The number of imide groups is 1. The summed E-state index contributed by atoms with van der Waals surface area (Å²) < 4.78 is 27.3. The van der Waals surface area contributed by atoms with Crippen molar-refractivity contribution in [2.24, 2.45) is 0 Å². The summed E-state index contributed by atoms with van der Waals surface area (Å²) in [7, 11) is 0. The number of hydrogen-bond acceptors (Lipinski definition) is 7. The standard InChI is InChI=1S/C24H26N2O7/c1-24(2,3)33-23(28)26-17(9-15-5-7-19-21(11-15)32-13-30-19)16(25-22(26)27)8-14-4-6-18-20(10-14)31-12-29-18/h4-7,10-11,16-17H,8-9,12-13H2,1-3H3,(H,25,27)/t16-,17-/m0/s1. The first-order chi connectivity index (χ1) is 15.8. The highest BCUT2D eigenvalue weighted by atomic mass is 16.7. The Balaban J connectivity index is 1.42. The van der Waals surface area contributed by atoms with Crippen LogP contribution in [0.1, 0.15) is 31.9 Å². The van der Waals surface area contributed by atoms with Gasteiger partial charge in [0, 0.05) is 0 Å². The predicted octanol–water partition coefficient (Wildman–Crippen LogP) is 3.63. The largest absolute Gasteiger partial charge is 0.454 e. The third-order valence-electron chi connectivity index (χ3n) is 5.69. The van der Waals surface area contributed by atoms with Gasteiger partial charge < -0.3 is 29.0 Å². The lowest BCUT2D eigenvalue weighted by atomic mass is 9.94. The molecule has 0 radical (unpaired) electrons. The van der Waals surface area contributed by atoms with E-state index in [-0.39, 0.29) is 19.6 Å². The SMILES string of the molecule is CC(C)(C)OC(=O)N1C(=O)N[C@@H](Cc2ccc3c(c2)OCO3)[C@@H]1Cc1ccc2c(c1)OCO2. The van der Waals surface area contributed by atoms with Crippen molar-refractivity contribution in [3.05, 3.63) is 47.5 Å². The lowest BCUT2D eigenvalue weighted by molar-refractivity contribution is 0.0288. The van der Waals surface area contributed by atoms with E-state index in [9.17, 15) is 9.59 Å². The zero-order valence-corrected chi connectivity index (χ0v) is 18.8. The number of nitrogens with zero attached hydrogens (tertiary/aromatic N) is 1. The highest BCUT2D eigenvalue weighted by Crippen LogP contribution is 2.35. The number of carbonyl (C=O) groups excluding carboxylic acids is 2. The van der Waals surface area contributed by atoms with E-state index in [0.29, 0.717) is 35.8 Å². The normalized spacial score (nSPS) is 20.7. The molecule has 2 aromatic carbocycles. The first-order valence-corrected chi connectivity index (χ1v) is 10.9. The van der Waals surface area contributed by atoms with Crippen LogP contribution in [0.3, 0.4) is 0 Å². The van der Waals surface area contributed by atoms with Crippen molar-refractivity contribution < 1.29 is 33.3 Å². The Morgan fingerprint density at radius 1 is 0.939 bits per heavy atom. The summed E-state index contributed by atoms with van der Waals surface area (Å²) in [5.74, 6) is 2.70. The van der Waals surface area contributed by atoms with E-state index in [1.54, 1.807) is 20.8 Å². The maximum atomic E-state index is 13.0. The van der Waals surface area contributed by atoms with Gasteiger partial charge in [-0.25, -0.2) is 14.5 Å². The monoisotopic (exact) mass is 454 g/mol. The van der Waals surface area contributed by atoms with Gasteiger partial charge in [-0.2, -0.15) is 0 Å². The third kappa shape index (κ3) is 4.35. The average Bonchev–Trinajstić information content (AvgIpc) is 3.45. The Labute approximate surface area is 191 Å². The molecule has 0 bridgehead atoms. The molecule has 0 aromatic heterocycles. The first kappa shape index (κ1) is 21.2. The molecule has 0 aliphatic carbocycles. The van der Waals surface area contributed by atoms with E-state index < -0.39 is 23.8 Å². The molecule has 1 N–H and O–H groups in total. The summed E-state index contributed by atoms with van der Waals surface area (Å²) in [6, 6.07) is 10.1. The number of fused-ring (bicyclic) bond motifs is 2. The van der Waals surface area contributed by atoms with Gasteiger partial charge in [0.05, 0.1) is 12.1 Å². The molecule has 5 rings (SSSR count). The third-order valence-corrected chi connectivity index (χ3v) is 5.69. The van der Waals surface area contributed by atoms with Crippen LogP contribution in [-0.4, -0.2) is 48.3 Å². The molecule has 3 aliphatic heterocycles. The van der Waals surface area contributed by atoms with E-state index in [4.69, 9.17) is 23.7 Å². The fourth-order valence-electron chi connectivity index (χ4n) is 4.24. The molecule has 3 heterocycles. The van der Waals surface area contributed by atoms with E-state index in [1.807, 2.05) is 36.4 Å². The maximum absolute atomic E-state index is 13.0. The minimum atomic E-state index is -0.726. The Kier molecular flexibility index (Phi) is 5.19. The summed E-state index contributed by atoms with van der Waals surface area (Å²) in [6.07, 6.45) is 0.278. The predicted molar refractivity (Wildman–Crippen MR) is 117 cm³/mol. The number of benzene rings is 2. The van der Waals surface area contributed by atoms with Crippen molar-refractivity contribution >= 4 is 12.1 Å². The zero-order valence-electron chi connectivity index (χ0n) is 18.8. The average molecular weight is 454 g/mol. The van der Waals surface area contributed by atoms with Crippen molar-refractivity contribution in [2.75, 3.05) is 13.6 Å². The Bertz CT molecular complexity index is 1090. The number of carbonyl (C=O) groups is 2. The quantitative estimate of drug-likeness (QED) is 0.754. The summed E-state index contributed by atoms with van der Waals surface area (Å²) in [5.41, 5.74) is 1.16. The van der Waals surface area contributed by atoms with Crippen LogP contribution in [0, 0.1) is 0 Å². The molecule has 9 heteroatoms. The lowest BCUT2D eigenvalue weighted by Crippen LogP contribution is -2.45. The van der Waals surface area contributed by atoms with Crippen LogP contribution in [0.15, 0.2) is 36.4 Å². The minimum absolute atomic E-state index is 0.180. The van der Waals surface area contributed by atoms with Crippen LogP contribution in [0.5, 0.6) is 23.0 Å². The second-order valence-corrected chi connectivity index (χ2v) is 9.26. The number of amides is 3. The van der Waals surface area contributed by atoms with Gasteiger partial charge in [-0.1, -0.05) is 12.1 Å². The molecular formula is C24H26N2O7. The smallest absolute Gasteiger partial charge is 0.418 e. The van der Waals surface area contributed by atoms with Crippen LogP contribution in [-0.2, 0) is 17.6 Å². The van der Waals surface area contributed by atoms with Crippen molar-refractivity contribution in [3.63, 3.8) is 0 Å². The molecule has 33 heavy (non-hydrogen) atoms. The fraction of sp³-hybridized carbons (Fsp3) is 0.417. The van der Waals surface area contributed by atoms with Crippen LogP contribution < -0.4 is 24.3 Å². The molecule has 9 nitrogen and oxygen atoms in total. The highest BCUT2D eigenvalue weighted by molar-refractivity contribution is 5.93. The van der Waals surface area contributed by atoms with Gasteiger partial charge in [-0.15, -0.1) is 0 Å². The molecule has 174 valence electrons. The molecule has 0 spiro atoms. The molecular weight excluding hydrogens is 428 g/mol. The fourth-order valence-corrected chi connectivity index (χ4v) is 4.24. The molecule has 1 fully saturated rings. The number of ether oxygens (including phenoxy) is 5. The summed E-state index contributed by atoms with van der Waals surface area (Å²) >= 11 is 0. The van der Waals surface area contributed by atoms with Gasteiger partial charge >= 0.3 is 12.1 Å². The van der Waals surface area contributed by atoms with Crippen molar-refractivity contribution in [2.45, 2.75) is 51.3 Å². The number of rotatable bonds is 4. The Morgan fingerprint density at radius 3 is 2.06 bits per heavy atom. The molecule has 3 aliphatic rings. The molecule has 2 atom stereocenters. The molecule has 1 saturated heterocycles. The number of hydrogen-bond donors (Lipinski definition) is 1. The van der Waals surface area contributed by atoms with Gasteiger partial charge in [0.2, 0.25) is 13.6 Å². The maximum Gasteiger partial charge on any atom is 0.418 e. The zero-order chi connectivity index (χ0) is 23.2. The molecule has 2 aromatic rings. The number of nitrogens with one attached hydrogen (secondary N) is 1. The second-order valence-electron chi connectivity index (χ2n) is 9.26. The van der Waals surface area contributed by atoms with Crippen LogP contribution in [0.2, 0.25) is 0 Å². The summed E-state index contributed by atoms with van der Waals surface area (Å²) in [4.78, 5) is 27.1. The number of urea groups is 1. The lowest BCUT2D eigenvalue weighted by Gasteiger charge is -2.28. The second kappa shape index (κ2) is 8.06. The molecule has 3 amide bonds. The van der Waals surface area contributed by atoms with E-state index >= 15 is 0 Å². The van der Waals surface area contributed by atoms with E-state index in [2.05, 4.69) is 5.32 Å². The van der Waals surface area contributed by atoms with Gasteiger partial charge in [0.15, 0.2) is 23.0 Å². The minimum Gasteiger partial charge on any atom is -0.454 e. The Hall–Kier alpha value is -3.62. The van der Waals surface area contributed by atoms with Crippen molar-refractivity contribution in [3.8, 4) is 23.0 Å². The Morgan fingerprint density at radius 2 is 1.48 bits per heavy atom. The molecule has 0 saturated carbocycles. The van der Waals surface area contributed by atoms with Crippen LogP contribution in [0.25, 0.3) is 0 Å². The highest BCUT2D eigenvalue weighted by Gasteiger charge is 2.45. The van der Waals surface area contributed by atoms with Crippen molar-refractivity contribution in [1.82, 2.24) is 10.2 Å². The summed E-state index contributed by atoms with van der Waals surface area (Å²) in [5, 5.41) is 2.97. The first-order valence-electron chi connectivity index (χ1n) is 10.9.